The highest BCUT2D eigenvalue weighted by Gasteiger charge is 2.27. The van der Waals surface area contributed by atoms with Crippen LogP contribution in [0.1, 0.15) is 18.1 Å². The Morgan fingerprint density at radius 3 is 2.62 bits per heavy atom. The fourth-order valence-corrected chi connectivity index (χ4v) is 2.65. The molecule has 106 valence electrons. The van der Waals surface area contributed by atoms with Gasteiger partial charge in [0.05, 0.1) is 11.1 Å². The third-order valence-electron chi connectivity index (χ3n) is 3.71. The molecule has 0 aliphatic rings. The Hall–Kier alpha value is -2.26. The molecule has 21 heavy (non-hydrogen) atoms. The van der Waals surface area contributed by atoms with Crippen molar-refractivity contribution >= 4 is 10.9 Å². The molecule has 2 nitrogen and oxygen atoms in total. The van der Waals surface area contributed by atoms with Crippen molar-refractivity contribution in [3.8, 4) is 0 Å². The molecule has 0 aliphatic carbocycles. The zero-order valence-corrected chi connectivity index (χ0v) is 11.8. The summed E-state index contributed by atoms with van der Waals surface area (Å²) in [5.41, 5.74) is 0.774. The van der Waals surface area contributed by atoms with E-state index < -0.39 is 5.60 Å². The second kappa shape index (κ2) is 5.26. The minimum Gasteiger partial charge on any atom is -0.385 e. The van der Waals surface area contributed by atoms with Crippen molar-refractivity contribution in [2.75, 3.05) is 0 Å². The summed E-state index contributed by atoms with van der Waals surface area (Å²) in [6.45, 7) is 1.70. The van der Waals surface area contributed by atoms with Crippen molar-refractivity contribution in [3.05, 3.63) is 77.7 Å². The molecule has 1 N–H and O–H groups in total. The topological polar surface area (TPSA) is 33.1 Å². The van der Waals surface area contributed by atoms with Gasteiger partial charge in [-0.2, -0.15) is 0 Å². The Morgan fingerprint density at radius 2 is 1.81 bits per heavy atom. The van der Waals surface area contributed by atoms with Crippen LogP contribution < -0.4 is 0 Å². The van der Waals surface area contributed by atoms with Crippen molar-refractivity contribution in [3.63, 3.8) is 0 Å². The largest absolute Gasteiger partial charge is 0.385 e. The van der Waals surface area contributed by atoms with Crippen LogP contribution in [0.5, 0.6) is 0 Å². The summed E-state index contributed by atoms with van der Waals surface area (Å²) in [6.07, 6.45) is 1.90. The zero-order chi connectivity index (χ0) is 14.9. The van der Waals surface area contributed by atoms with Gasteiger partial charge in [0.1, 0.15) is 5.82 Å². The van der Waals surface area contributed by atoms with E-state index in [1.165, 1.54) is 6.07 Å². The number of halogens is 1. The summed E-state index contributed by atoms with van der Waals surface area (Å²) in [5, 5.41) is 11.8. The van der Waals surface area contributed by atoms with E-state index in [-0.39, 0.29) is 12.2 Å². The first-order valence-electron chi connectivity index (χ1n) is 6.88. The molecule has 3 heteroatoms. The van der Waals surface area contributed by atoms with Crippen molar-refractivity contribution in [2.24, 2.45) is 0 Å². The summed E-state index contributed by atoms with van der Waals surface area (Å²) in [7, 11) is 0. The average molecular weight is 281 g/mol. The maximum Gasteiger partial charge on any atom is 0.126 e. The van der Waals surface area contributed by atoms with Gasteiger partial charge in [-0.15, -0.1) is 0 Å². The van der Waals surface area contributed by atoms with Crippen LogP contribution in [-0.2, 0) is 12.0 Å². The molecule has 0 spiro atoms. The molecule has 3 aromatic rings. The molecule has 0 amide bonds. The lowest BCUT2D eigenvalue weighted by atomic mass is 9.87. The zero-order valence-electron chi connectivity index (χ0n) is 11.8. The molecular formula is C18H16FNO. The summed E-state index contributed by atoms with van der Waals surface area (Å²) in [5.74, 6) is -0.300. The summed E-state index contributed by atoms with van der Waals surface area (Å²) in [6, 6.07) is 16.0. The van der Waals surface area contributed by atoms with Gasteiger partial charge in [-0.25, -0.2) is 4.39 Å². The number of aliphatic hydroxyl groups is 1. The fourth-order valence-electron chi connectivity index (χ4n) is 2.65. The van der Waals surface area contributed by atoms with Crippen LogP contribution >= 0.6 is 0 Å². The number of pyridine rings is 1. The number of aromatic nitrogens is 1. The number of fused-ring (bicyclic) bond motifs is 1. The highest BCUT2D eigenvalue weighted by Crippen LogP contribution is 2.30. The van der Waals surface area contributed by atoms with E-state index in [0.29, 0.717) is 11.1 Å². The minimum absolute atomic E-state index is 0.204. The maximum atomic E-state index is 13.8. The van der Waals surface area contributed by atoms with Gasteiger partial charge in [0.15, 0.2) is 0 Å². The SMILES string of the molecule is CC(O)(Cc1ccccc1F)c1cccc2cccnc12. The van der Waals surface area contributed by atoms with Crippen molar-refractivity contribution in [1.82, 2.24) is 4.98 Å². The summed E-state index contributed by atoms with van der Waals surface area (Å²) >= 11 is 0. The first-order chi connectivity index (χ1) is 10.1. The molecule has 0 aliphatic heterocycles. The van der Waals surface area contributed by atoms with Gasteiger partial charge >= 0.3 is 0 Å². The molecule has 1 aromatic heterocycles. The van der Waals surface area contributed by atoms with E-state index in [4.69, 9.17) is 0 Å². The van der Waals surface area contributed by atoms with Crippen LogP contribution in [0.4, 0.5) is 4.39 Å². The van der Waals surface area contributed by atoms with Crippen LogP contribution in [0.25, 0.3) is 10.9 Å². The van der Waals surface area contributed by atoms with Crippen LogP contribution in [0, 0.1) is 5.82 Å². The van der Waals surface area contributed by atoms with Crippen molar-refractivity contribution < 1.29 is 9.50 Å². The number of benzene rings is 2. The normalized spacial score (nSPS) is 14.0. The summed E-state index contributed by atoms with van der Waals surface area (Å²) in [4.78, 5) is 4.36. The molecule has 1 atom stereocenters. The minimum atomic E-state index is -1.18. The predicted octanol–water partition coefficient (Wildman–Crippen LogP) is 3.82. The number of nitrogens with zero attached hydrogens (tertiary/aromatic N) is 1. The van der Waals surface area contributed by atoms with E-state index in [1.54, 1.807) is 31.3 Å². The van der Waals surface area contributed by atoms with E-state index in [1.807, 2.05) is 30.3 Å². The fraction of sp³-hybridized carbons (Fsp3) is 0.167. The van der Waals surface area contributed by atoms with Gasteiger partial charge in [0, 0.05) is 23.6 Å². The van der Waals surface area contributed by atoms with Crippen LogP contribution in [0.2, 0.25) is 0 Å². The molecule has 3 rings (SSSR count). The lowest BCUT2D eigenvalue weighted by Crippen LogP contribution is -2.25. The average Bonchev–Trinajstić information content (AvgIpc) is 2.49. The molecule has 0 saturated carbocycles. The standard InChI is InChI=1S/C18H16FNO/c1-18(21,12-14-6-2-3-10-16(14)19)15-9-4-7-13-8-5-11-20-17(13)15/h2-11,21H,12H2,1H3. The first kappa shape index (κ1) is 13.7. The maximum absolute atomic E-state index is 13.8. The van der Waals surface area contributed by atoms with E-state index in [2.05, 4.69) is 4.98 Å². The van der Waals surface area contributed by atoms with E-state index in [9.17, 15) is 9.50 Å². The van der Waals surface area contributed by atoms with Gasteiger partial charge in [-0.3, -0.25) is 4.98 Å². The lowest BCUT2D eigenvalue weighted by Gasteiger charge is -2.25. The molecule has 0 saturated heterocycles. The number of para-hydroxylation sites is 1. The smallest absolute Gasteiger partial charge is 0.126 e. The molecule has 2 aromatic carbocycles. The molecular weight excluding hydrogens is 265 g/mol. The molecule has 0 bridgehead atoms. The second-order valence-corrected chi connectivity index (χ2v) is 5.42. The Labute approximate surface area is 122 Å². The highest BCUT2D eigenvalue weighted by molar-refractivity contribution is 5.82. The van der Waals surface area contributed by atoms with Gasteiger partial charge in [-0.05, 0) is 24.6 Å². The number of hydrogen-bond donors (Lipinski definition) is 1. The Kier molecular flexibility index (Phi) is 3.43. The van der Waals surface area contributed by atoms with Gasteiger partial charge in [0.25, 0.3) is 0 Å². The predicted molar refractivity (Wildman–Crippen MR) is 81.4 cm³/mol. The molecule has 1 heterocycles. The Bertz CT molecular complexity index is 778. The van der Waals surface area contributed by atoms with E-state index >= 15 is 0 Å². The van der Waals surface area contributed by atoms with Crippen molar-refractivity contribution in [1.29, 1.82) is 0 Å². The Morgan fingerprint density at radius 1 is 1.05 bits per heavy atom. The van der Waals surface area contributed by atoms with Crippen LogP contribution in [0.15, 0.2) is 60.8 Å². The Balaban J connectivity index is 2.06. The third-order valence-corrected chi connectivity index (χ3v) is 3.71. The van der Waals surface area contributed by atoms with Crippen LogP contribution in [0.3, 0.4) is 0 Å². The first-order valence-corrected chi connectivity index (χ1v) is 6.88. The highest BCUT2D eigenvalue weighted by atomic mass is 19.1. The van der Waals surface area contributed by atoms with E-state index in [0.717, 1.165) is 10.9 Å². The number of hydrogen-bond acceptors (Lipinski definition) is 2. The molecule has 0 radical (unpaired) electrons. The van der Waals surface area contributed by atoms with Gasteiger partial charge in [-0.1, -0.05) is 42.5 Å². The number of rotatable bonds is 3. The summed E-state index contributed by atoms with van der Waals surface area (Å²) < 4.78 is 13.8. The van der Waals surface area contributed by atoms with Gasteiger partial charge in [0.2, 0.25) is 0 Å². The van der Waals surface area contributed by atoms with Gasteiger partial charge < -0.3 is 5.11 Å². The second-order valence-electron chi connectivity index (χ2n) is 5.42. The lowest BCUT2D eigenvalue weighted by molar-refractivity contribution is 0.0580. The molecule has 1 unspecified atom stereocenters. The van der Waals surface area contributed by atoms with Crippen LogP contribution in [-0.4, -0.2) is 10.1 Å². The monoisotopic (exact) mass is 281 g/mol. The molecule has 0 fully saturated rings. The quantitative estimate of drug-likeness (QED) is 0.791. The van der Waals surface area contributed by atoms with Crippen molar-refractivity contribution in [2.45, 2.75) is 18.9 Å². The third kappa shape index (κ3) is 2.65.